The van der Waals surface area contributed by atoms with Gasteiger partial charge in [-0.2, -0.15) is 0 Å². The summed E-state index contributed by atoms with van der Waals surface area (Å²) >= 11 is 0. The number of aryl methyl sites for hydroxylation is 2. The van der Waals surface area contributed by atoms with Crippen molar-refractivity contribution < 1.29 is 13.3 Å². The fourth-order valence-electron chi connectivity index (χ4n) is 1.73. The smallest absolute Gasteiger partial charge is 0.270 e. The van der Waals surface area contributed by atoms with E-state index in [2.05, 4.69) is 4.72 Å². The van der Waals surface area contributed by atoms with Crippen molar-refractivity contribution in [3.63, 3.8) is 0 Å². The highest BCUT2D eigenvalue weighted by Crippen LogP contribution is 2.29. The van der Waals surface area contributed by atoms with E-state index in [1.54, 1.807) is 0 Å². The van der Waals surface area contributed by atoms with Crippen molar-refractivity contribution in [3.8, 4) is 0 Å². The summed E-state index contributed by atoms with van der Waals surface area (Å²) in [4.78, 5) is 10.3. The highest BCUT2D eigenvalue weighted by molar-refractivity contribution is 7.92. The molecule has 0 aliphatic heterocycles. The fourth-order valence-corrected chi connectivity index (χ4v) is 2.36. The Morgan fingerprint density at radius 2 is 1.67 bits per heavy atom. The molecule has 6 nitrogen and oxygen atoms in total. The van der Waals surface area contributed by atoms with Crippen molar-refractivity contribution in [1.82, 2.24) is 0 Å². The maximum Gasteiger partial charge on any atom is 0.270 e. The molecule has 1 N–H and O–H groups in total. The molecular weight excluding hydrogens is 256 g/mol. The van der Waals surface area contributed by atoms with Gasteiger partial charge in [0.2, 0.25) is 10.0 Å². The molecule has 0 saturated carbocycles. The van der Waals surface area contributed by atoms with Crippen LogP contribution in [0.5, 0.6) is 0 Å². The third-order valence-electron chi connectivity index (χ3n) is 2.55. The molecule has 7 heteroatoms. The zero-order valence-electron chi connectivity index (χ0n) is 10.6. The molecule has 0 radical (unpaired) electrons. The minimum atomic E-state index is -3.40. The van der Waals surface area contributed by atoms with E-state index in [-0.39, 0.29) is 5.69 Å². The van der Waals surface area contributed by atoms with E-state index in [0.29, 0.717) is 29.7 Å². The van der Waals surface area contributed by atoms with Gasteiger partial charge in [0, 0.05) is 12.1 Å². The number of nitro benzene ring substituents is 1. The predicted molar refractivity (Wildman–Crippen MR) is 70.3 cm³/mol. The second-order valence-electron chi connectivity index (χ2n) is 3.98. The molecule has 0 fully saturated rings. The molecule has 1 aromatic rings. The van der Waals surface area contributed by atoms with E-state index < -0.39 is 14.9 Å². The van der Waals surface area contributed by atoms with Crippen LogP contribution in [0, 0.1) is 10.1 Å². The van der Waals surface area contributed by atoms with Gasteiger partial charge in [-0.05, 0) is 24.0 Å². The number of hydrogen-bond acceptors (Lipinski definition) is 4. The molecule has 0 atom stereocenters. The summed E-state index contributed by atoms with van der Waals surface area (Å²) in [5.41, 5.74) is 1.72. The molecule has 0 aliphatic rings. The normalized spacial score (nSPS) is 11.3. The van der Waals surface area contributed by atoms with E-state index in [4.69, 9.17) is 0 Å². The van der Waals surface area contributed by atoms with Gasteiger partial charge >= 0.3 is 0 Å². The molecule has 0 unspecified atom stereocenters. The Labute approximate surface area is 106 Å². The molecule has 1 aromatic carbocycles. The van der Waals surface area contributed by atoms with Crippen molar-refractivity contribution in [2.45, 2.75) is 26.7 Å². The largest absolute Gasteiger partial charge is 0.283 e. The lowest BCUT2D eigenvalue weighted by Gasteiger charge is -2.13. The van der Waals surface area contributed by atoms with Gasteiger partial charge in [0.05, 0.1) is 16.9 Å². The number of non-ortho nitro benzene ring substituents is 1. The van der Waals surface area contributed by atoms with Crippen molar-refractivity contribution in [2.75, 3.05) is 11.0 Å². The Morgan fingerprint density at radius 1 is 1.22 bits per heavy atom. The van der Waals surface area contributed by atoms with E-state index >= 15 is 0 Å². The first-order valence-electron chi connectivity index (χ1n) is 5.56. The zero-order chi connectivity index (χ0) is 13.9. The third kappa shape index (κ3) is 3.43. The lowest BCUT2D eigenvalue weighted by molar-refractivity contribution is -0.385. The lowest BCUT2D eigenvalue weighted by atomic mass is 10.0. The summed E-state index contributed by atoms with van der Waals surface area (Å²) in [7, 11) is -3.40. The second kappa shape index (κ2) is 5.34. The first kappa shape index (κ1) is 14.4. The molecule has 0 spiro atoms. The summed E-state index contributed by atoms with van der Waals surface area (Å²) in [5.74, 6) is 0. The highest BCUT2D eigenvalue weighted by Gasteiger charge is 2.16. The Bertz CT molecular complexity index is 541. The number of benzene rings is 1. The van der Waals surface area contributed by atoms with Gasteiger partial charge in [-0.25, -0.2) is 8.42 Å². The quantitative estimate of drug-likeness (QED) is 0.656. The van der Waals surface area contributed by atoms with Crippen LogP contribution in [-0.4, -0.2) is 19.6 Å². The maximum atomic E-state index is 11.3. The van der Waals surface area contributed by atoms with E-state index in [1.807, 2.05) is 13.8 Å². The Kier molecular flexibility index (Phi) is 4.28. The number of anilines is 1. The predicted octanol–water partition coefficient (Wildman–Crippen LogP) is 2.09. The third-order valence-corrected chi connectivity index (χ3v) is 3.12. The molecule has 0 amide bonds. The first-order valence-corrected chi connectivity index (χ1v) is 7.45. The zero-order valence-corrected chi connectivity index (χ0v) is 11.4. The van der Waals surface area contributed by atoms with Crippen LogP contribution in [0.2, 0.25) is 0 Å². The number of sulfonamides is 1. The Morgan fingerprint density at radius 3 is 1.94 bits per heavy atom. The van der Waals surface area contributed by atoms with Gasteiger partial charge in [0.15, 0.2) is 0 Å². The van der Waals surface area contributed by atoms with E-state index in [1.165, 1.54) is 12.1 Å². The van der Waals surface area contributed by atoms with Crippen molar-refractivity contribution in [1.29, 1.82) is 0 Å². The van der Waals surface area contributed by atoms with Crippen LogP contribution in [-0.2, 0) is 22.9 Å². The standard InChI is InChI=1S/C11H16N2O4S/c1-4-8-6-10(13(14)15)7-9(5-2)11(8)12-18(3,16)17/h6-7,12H,4-5H2,1-3H3. The summed E-state index contributed by atoms with van der Waals surface area (Å²) in [6.07, 6.45) is 2.10. The Balaban J connectivity index is 3.44. The molecule has 0 aromatic heterocycles. The van der Waals surface area contributed by atoms with Gasteiger partial charge in [0.1, 0.15) is 0 Å². The van der Waals surface area contributed by atoms with Gasteiger partial charge in [-0.1, -0.05) is 13.8 Å². The van der Waals surface area contributed by atoms with Crippen molar-refractivity contribution in [3.05, 3.63) is 33.4 Å². The van der Waals surface area contributed by atoms with Gasteiger partial charge in [-0.3, -0.25) is 14.8 Å². The van der Waals surface area contributed by atoms with Gasteiger partial charge in [-0.15, -0.1) is 0 Å². The molecule has 100 valence electrons. The average molecular weight is 272 g/mol. The summed E-state index contributed by atoms with van der Waals surface area (Å²) in [5, 5.41) is 10.8. The van der Waals surface area contributed by atoms with Crippen LogP contribution in [0.15, 0.2) is 12.1 Å². The van der Waals surface area contributed by atoms with Crippen LogP contribution in [0.1, 0.15) is 25.0 Å². The molecule has 0 heterocycles. The number of nitrogens with one attached hydrogen (secondary N) is 1. The number of nitro groups is 1. The topological polar surface area (TPSA) is 89.3 Å². The molecular formula is C11H16N2O4S. The van der Waals surface area contributed by atoms with Gasteiger partial charge in [0.25, 0.3) is 5.69 Å². The number of hydrogen-bond donors (Lipinski definition) is 1. The minimum absolute atomic E-state index is 0.0113. The van der Waals surface area contributed by atoms with Crippen LogP contribution in [0.3, 0.4) is 0 Å². The average Bonchev–Trinajstić information content (AvgIpc) is 2.26. The molecule has 1 rings (SSSR count). The van der Waals surface area contributed by atoms with Crippen LogP contribution >= 0.6 is 0 Å². The minimum Gasteiger partial charge on any atom is -0.283 e. The highest BCUT2D eigenvalue weighted by atomic mass is 32.2. The second-order valence-corrected chi connectivity index (χ2v) is 5.73. The summed E-state index contributed by atoms with van der Waals surface area (Å²) in [6.45, 7) is 3.65. The van der Waals surface area contributed by atoms with Crippen LogP contribution < -0.4 is 4.72 Å². The van der Waals surface area contributed by atoms with Crippen LogP contribution in [0.4, 0.5) is 11.4 Å². The van der Waals surface area contributed by atoms with Crippen molar-refractivity contribution >= 4 is 21.4 Å². The van der Waals surface area contributed by atoms with Crippen LogP contribution in [0.25, 0.3) is 0 Å². The van der Waals surface area contributed by atoms with Gasteiger partial charge < -0.3 is 0 Å². The molecule has 0 saturated heterocycles. The summed E-state index contributed by atoms with van der Waals surface area (Å²) < 4.78 is 25.1. The number of nitrogens with zero attached hydrogens (tertiary/aromatic N) is 1. The van der Waals surface area contributed by atoms with E-state index in [0.717, 1.165) is 6.26 Å². The van der Waals surface area contributed by atoms with E-state index in [9.17, 15) is 18.5 Å². The number of rotatable bonds is 5. The SMILES string of the molecule is CCc1cc([N+](=O)[O-])cc(CC)c1NS(C)(=O)=O. The monoisotopic (exact) mass is 272 g/mol. The molecule has 0 bridgehead atoms. The maximum absolute atomic E-state index is 11.3. The van der Waals surface area contributed by atoms with Crippen molar-refractivity contribution in [2.24, 2.45) is 0 Å². The first-order chi connectivity index (χ1) is 8.28. The lowest BCUT2D eigenvalue weighted by Crippen LogP contribution is -2.13. The Hall–Kier alpha value is -1.63. The fraction of sp³-hybridized carbons (Fsp3) is 0.455. The molecule has 18 heavy (non-hydrogen) atoms. The summed E-state index contributed by atoms with van der Waals surface area (Å²) in [6, 6.07) is 2.82. The molecule has 0 aliphatic carbocycles.